The highest BCUT2D eigenvalue weighted by Gasteiger charge is 2.29. The summed E-state index contributed by atoms with van der Waals surface area (Å²) >= 11 is 3.19. The number of aromatic nitrogens is 2. The molecule has 0 saturated carbocycles. The van der Waals surface area contributed by atoms with Gasteiger partial charge in [-0.2, -0.15) is 4.98 Å². The summed E-state index contributed by atoms with van der Waals surface area (Å²) in [4.78, 5) is 18.4. The monoisotopic (exact) mass is 367 g/mol. The van der Waals surface area contributed by atoms with Crippen LogP contribution in [0.1, 0.15) is 40.8 Å². The second-order valence-corrected chi connectivity index (χ2v) is 6.31. The van der Waals surface area contributed by atoms with Crippen molar-refractivity contribution in [3.05, 3.63) is 45.8 Å². The molecule has 1 fully saturated rings. The van der Waals surface area contributed by atoms with E-state index in [4.69, 9.17) is 4.52 Å². The van der Waals surface area contributed by atoms with Crippen LogP contribution in [0, 0.1) is 12.7 Å². The van der Waals surface area contributed by atoms with Crippen LogP contribution < -0.4 is 0 Å². The molecule has 5 nitrogen and oxygen atoms in total. The molecule has 0 unspecified atom stereocenters. The van der Waals surface area contributed by atoms with Crippen LogP contribution in [0.3, 0.4) is 0 Å². The van der Waals surface area contributed by atoms with Gasteiger partial charge >= 0.3 is 0 Å². The van der Waals surface area contributed by atoms with Crippen LogP contribution in [-0.2, 0) is 0 Å². The molecule has 116 valence electrons. The van der Waals surface area contributed by atoms with Crippen LogP contribution >= 0.6 is 15.9 Å². The summed E-state index contributed by atoms with van der Waals surface area (Å²) in [6.07, 6.45) is 1.71. The minimum absolute atomic E-state index is 0.0115. The minimum atomic E-state index is -0.518. The van der Waals surface area contributed by atoms with Crippen molar-refractivity contribution >= 4 is 21.8 Å². The standard InChI is InChI=1S/C15H15BrFN3O2/c1-9-18-14(22-19-9)10-3-2-6-20(8-10)15(21)12-5-4-11(16)7-13(12)17/h4-5,7,10H,2-3,6,8H2,1H3/t10-/m1/s1. The Morgan fingerprint density at radius 2 is 2.32 bits per heavy atom. The van der Waals surface area contributed by atoms with Crippen LogP contribution in [0.4, 0.5) is 4.39 Å². The van der Waals surface area contributed by atoms with Crippen LogP contribution in [0.25, 0.3) is 0 Å². The lowest BCUT2D eigenvalue weighted by Gasteiger charge is -2.31. The Bertz CT molecular complexity index is 704. The number of halogens is 2. The van der Waals surface area contributed by atoms with E-state index < -0.39 is 5.82 Å². The largest absolute Gasteiger partial charge is 0.339 e. The lowest BCUT2D eigenvalue weighted by atomic mass is 9.97. The fourth-order valence-electron chi connectivity index (χ4n) is 2.68. The van der Waals surface area contributed by atoms with Crippen molar-refractivity contribution in [3.8, 4) is 0 Å². The zero-order valence-electron chi connectivity index (χ0n) is 12.1. The van der Waals surface area contributed by atoms with Gasteiger partial charge in [0.1, 0.15) is 5.82 Å². The quantitative estimate of drug-likeness (QED) is 0.816. The van der Waals surface area contributed by atoms with Gasteiger partial charge in [0.2, 0.25) is 5.89 Å². The molecule has 22 heavy (non-hydrogen) atoms. The van der Waals surface area contributed by atoms with Crippen molar-refractivity contribution in [1.29, 1.82) is 0 Å². The number of hydrogen-bond acceptors (Lipinski definition) is 4. The van der Waals surface area contributed by atoms with E-state index in [0.717, 1.165) is 12.8 Å². The molecular formula is C15H15BrFN3O2. The zero-order chi connectivity index (χ0) is 15.7. The third-order valence-electron chi connectivity index (χ3n) is 3.76. The van der Waals surface area contributed by atoms with Crippen LogP contribution in [0.2, 0.25) is 0 Å². The highest BCUT2D eigenvalue weighted by Crippen LogP contribution is 2.27. The van der Waals surface area contributed by atoms with Gasteiger partial charge in [-0.15, -0.1) is 0 Å². The zero-order valence-corrected chi connectivity index (χ0v) is 13.6. The maximum Gasteiger partial charge on any atom is 0.256 e. The van der Waals surface area contributed by atoms with E-state index in [1.54, 1.807) is 17.9 Å². The topological polar surface area (TPSA) is 59.2 Å². The molecule has 1 aromatic carbocycles. The van der Waals surface area contributed by atoms with E-state index in [-0.39, 0.29) is 17.4 Å². The Morgan fingerprint density at radius 3 is 3.00 bits per heavy atom. The first-order valence-corrected chi connectivity index (χ1v) is 7.88. The predicted octanol–water partition coefficient (Wildman–Crippen LogP) is 3.30. The van der Waals surface area contributed by atoms with Crippen molar-refractivity contribution in [2.24, 2.45) is 0 Å². The Kier molecular flexibility index (Phi) is 4.24. The molecule has 1 atom stereocenters. The first-order chi connectivity index (χ1) is 10.5. The van der Waals surface area contributed by atoms with E-state index in [9.17, 15) is 9.18 Å². The van der Waals surface area contributed by atoms with Gasteiger partial charge in [-0.3, -0.25) is 4.79 Å². The Labute approximate surface area is 135 Å². The molecule has 1 saturated heterocycles. The minimum Gasteiger partial charge on any atom is -0.339 e. The number of likely N-dealkylation sites (tertiary alicyclic amines) is 1. The van der Waals surface area contributed by atoms with Gasteiger partial charge in [-0.1, -0.05) is 21.1 Å². The van der Waals surface area contributed by atoms with Crippen molar-refractivity contribution in [3.63, 3.8) is 0 Å². The van der Waals surface area contributed by atoms with Crippen molar-refractivity contribution in [2.75, 3.05) is 13.1 Å². The number of piperidine rings is 1. The Hall–Kier alpha value is -1.76. The Balaban J connectivity index is 1.78. The van der Waals surface area contributed by atoms with Gasteiger partial charge in [-0.05, 0) is 38.0 Å². The maximum absolute atomic E-state index is 14.0. The molecule has 1 amide bonds. The average Bonchev–Trinajstić information content (AvgIpc) is 2.93. The normalized spacial score (nSPS) is 18.5. The molecule has 7 heteroatoms. The first-order valence-electron chi connectivity index (χ1n) is 7.09. The van der Waals surface area contributed by atoms with Gasteiger partial charge in [0.15, 0.2) is 5.82 Å². The molecule has 3 rings (SSSR count). The molecule has 0 aliphatic carbocycles. The van der Waals surface area contributed by atoms with Gasteiger partial charge in [0, 0.05) is 17.6 Å². The molecule has 2 heterocycles. The van der Waals surface area contributed by atoms with E-state index in [0.29, 0.717) is 29.3 Å². The summed E-state index contributed by atoms with van der Waals surface area (Å²) in [6, 6.07) is 4.47. The summed E-state index contributed by atoms with van der Waals surface area (Å²) in [7, 11) is 0. The SMILES string of the molecule is Cc1noc([C@@H]2CCCN(C(=O)c3ccc(Br)cc3F)C2)n1. The molecule has 1 aromatic heterocycles. The number of carbonyl (C=O) groups is 1. The first kappa shape index (κ1) is 15.1. The second-order valence-electron chi connectivity index (χ2n) is 5.39. The number of amides is 1. The Morgan fingerprint density at radius 1 is 1.50 bits per heavy atom. The highest BCUT2D eigenvalue weighted by molar-refractivity contribution is 9.10. The number of rotatable bonds is 2. The van der Waals surface area contributed by atoms with Gasteiger partial charge in [0.25, 0.3) is 5.91 Å². The molecule has 1 aliphatic heterocycles. The van der Waals surface area contributed by atoms with E-state index >= 15 is 0 Å². The third kappa shape index (κ3) is 3.04. The molecular weight excluding hydrogens is 353 g/mol. The summed E-state index contributed by atoms with van der Waals surface area (Å²) < 4.78 is 19.8. The van der Waals surface area contributed by atoms with Crippen LogP contribution in [0.5, 0.6) is 0 Å². The lowest BCUT2D eigenvalue weighted by molar-refractivity contribution is 0.0691. The van der Waals surface area contributed by atoms with Gasteiger partial charge < -0.3 is 9.42 Å². The number of carbonyl (C=O) groups excluding carboxylic acids is 1. The van der Waals surface area contributed by atoms with E-state index in [1.807, 2.05) is 0 Å². The lowest BCUT2D eigenvalue weighted by Crippen LogP contribution is -2.39. The second kappa shape index (κ2) is 6.16. The van der Waals surface area contributed by atoms with Gasteiger partial charge in [0.05, 0.1) is 11.5 Å². The van der Waals surface area contributed by atoms with Crippen LogP contribution in [0.15, 0.2) is 27.2 Å². The highest BCUT2D eigenvalue weighted by atomic mass is 79.9. The van der Waals surface area contributed by atoms with Crippen molar-refractivity contribution < 1.29 is 13.7 Å². The van der Waals surface area contributed by atoms with Crippen molar-refractivity contribution in [1.82, 2.24) is 15.0 Å². The van der Waals surface area contributed by atoms with Gasteiger partial charge in [-0.25, -0.2) is 4.39 Å². The summed E-state index contributed by atoms with van der Waals surface area (Å²) in [6.45, 7) is 2.84. The summed E-state index contributed by atoms with van der Waals surface area (Å²) in [5.41, 5.74) is 0.0885. The molecule has 0 bridgehead atoms. The molecule has 0 N–H and O–H groups in total. The number of benzene rings is 1. The maximum atomic E-state index is 14.0. The number of nitrogens with zero attached hydrogens (tertiary/aromatic N) is 3. The fourth-order valence-corrected chi connectivity index (χ4v) is 3.01. The number of aryl methyl sites for hydroxylation is 1. The number of hydrogen-bond donors (Lipinski definition) is 0. The average molecular weight is 368 g/mol. The summed E-state index contributed by atoms with van der Waals surface area (Å²) in [5, 5.41) is 3.79. The molecule has 0 radical (unpaired) electrons. The summed E-state index contributed by atoms with van der Waals surface area (Å²) in [5.74, 6) is 0.321. The van der Waals surface area contributed by atoms with Crippen LogP contribution in [-0.4, -0.2) is 34.0 Å². The fraction of sp³-hybridized carbons (Fsp3) is 0.400. The molecule has 2 aromatic rings. The smallest absolute Gasteiger partial charge is 0.256 e. The van der Waals surface area contributed by atoms with E-state index in [1.165, 1.54) is 12.1 Å². The third-order valence-corrected chi connectivity index (χ3v) is 4.26. The molecule has 0 spiro atoms. The van der Waals surface area contributed by atoms with E-state index in [2.05, 4.69) is 26.1 Å². The molecule has 1 aliphatic rings. The predicted molar refractivity (Wildman–Crippen MR) is 81.0 cm³/mol. The van der Waals surface area contributed by atoms with Crippen molar-refractivity contribution in [2.45, 2.75) is 25.7 Å².